The summed E-state index contributed by atoms with van der Waals surface area (Å²) in [7, 11) is 0. The van der Waals surface area contributed by atoms with Crippen LogP contribution in [0, 0.1) is 18.4 Å². The third kappa shape index (κ3) is 4.51. The van der Waals surface area contributed by atoms with Gasteiger partial charge in [-0.3, -0.25) is 10.3 Å². The molecule has 0 aliphatic carbocycles. The summed E-state index contributed by atoms with van der Waals surface area (Å²) in [4.78, 5) is 11.2. The zero-order valence-electron chi connectivity index (χ0n) is 8.53. The van der Waals surface area contributed by atoms with Crippen molar-refractivity contribution in [3.63, 3.8) is 0 Å². The summed E-state index contributed by atoms with van der Waals surface area (Å²) >= 11 is 1.78. The van der Waals surface area contributed by atoms with Crippen LogP contribution in [0.5, 0.6) is 0 Å². The second kappa shape index (κ2) is 6.90. The lowest BCUT2D eigenvalue weighted by atomic mass is 10.4. The molecule has 15 heavy (non-hydrogen) atoms. The number of aliphatic imine (C=N–C) groups is 1. The lowest BCUT2D eigenvalue weighted by molar-refractivity contribution is 1.12. The number of aromatic nitrogens is 2. The van der Waals surface area contributed by atoms with Gasteiger partial charge in [0.25, 0.3) is 0 Å². The summed E-state index contributed by atoms with van der Waals surface area (Å²) in [6, 6.07) is 0. The number of imidazole rings is 1. The van der Waals surface area contributed by atoms with E-state index in [0.29, 0.717) is 6.54 Å². The highest BCUT2D eigenvalue weighted by atomic mass is 32.2. The highest BCUT2D eigenvalue weighted by molar-refractivity contribution is 7.98. The summed E-state index contributed by atoms with van der Waals surface area (Å²) in [6.07, 6.45) is 4.89. The van der Waals surface area contributed by atoms with Crippen molar-refractivity contribution in [2.24, 2.45) is 4.99 Å². The number of hydrogen-bond acceptors (Lipinski definition) is 4. The van der Waals surface area contributed by atoms with Crippen LogP contribution in [0.1, 0.15) is 11.4 Å². The number of aromatic amines is 1. The standard InChI is InChI=1S/C9H13N5S/c1-8-9(14-7-13-8)4-15-3-2-11-6-12-5-10/h6-7H,2-4H2,1H3,(H,11,12)(H,13,14). The Kier molecular flexibility index (Phi) is 5.33. The summed E-state index contributed by atoms with van der Waals surface area (Å²) < 4.78 is 0. The van der Waals surface area contributed by atoms with Crippen molar-refractivity contribution < 1.29 is 0 Å². The molecule has 6 heteroatoms. The van der Waals surface area contributed by atoms with Gasteiger partial charge in [0.2, 0.25) is 0 Å². The Morgan fingerprint density at radius 3 is 3.33 bits per heavy atom. The monoisotopic (exact) mass is 223 g/mol. The minimum absolute atomic E-state index is 0.711. The maximum absolute atomic E-state index is 8.16. The molecule has 0 fully saturated rings. The van der Waals surface area contributed by atoms with E-state index in [9.17, 15) is 0 Å². The second-order valence-corrected chi connectivity index (χ2v) is 3.92. The van der Waals surface area contributed by atoms with Gasteiger partial charge in [0.15, 0.2) is 6.19 Å². The zero-order valence-corrected chi connectivity index (χ0v) is 9.34. The summed E-state index contributed by atoms with van der Waals surface area (Å²) in [5.74, 6) is 1.83. The van der Waals surface area contributed by atoms with Crippen molar-refractivity contribution >= 4 is 18.1 Å². The molecule has 0 unspecified atom stereocenters. The Bertz CT molecular complexity index is 352. The molecule has 80 valence electrons. The molecule has 0 aliphatic heterocycles. The van der Waals surface area contributed by atoms with Crippen molar-refractivity contribution in [3.05, 3.63) is 17.7 Å². The number of nitrogens with zero attached hydrogens (tertiary/aromatic N) is 3. The number of nitrogens with one attached hydrogen (secondary N) is 2. The minimum atomic E-state index is 0.711. The average Bonchev–Trinajstić information content (AvgIpc) is 2.63. The van der Waals surface area contributed by atoms with E-state index in [0.717, 1.165) is 22.9 Å². The topological polar surface area (TPSA) is 76.9 Å². The lowest BCUT2D eigenvalue weighted by Gasteiger charge is -1.97. The molecule has 0 radical (unpaired) electrons. The van der Waals surface area contributed by atoms with Crippen LogP contribution in [0.15, 0.2) is 11.3 Å². The lowest BCUT2D eigenvalue weighted by Crippen LogP contribution is -2.01. The van der Waals surface area contributed by atoms with Crippen LogP contribution in [0.25, 0.3) is 0 Å². The third-order valence-electron chi connectivity index (χ3n) is 1.76. The van der Waals surface area contributed by atoms with Crippen molar-refractivity contribution in [2.45, 2.75) is 12.7 Å². The Hall–Kier alpha value is -1.48. The maximum Gasteiger partial charge on any atom is 0.182 e. The molecule has 0 aromatic carbocycles. The molecule has 0 aliphatic rings. The van der Waals surface area contributed by atoms with E-state index in [4.69, 9.17) is 5.26 Å². The van der Waals surface area contributed by atoms with Crippen LogP contribution in [0.4, 0.5) is 0 Å². The molecule has 0 atom stereocenters. The molecule has 0 saturated heterocycles. The van der Waals surface area contributed by atoms with E-state index in [1.807, 2.05) is 6.92 Å². The highest BCUT2D eigenvalue weighted by Gasteiger charge is 1.99. The van der Waals surface area contributed by atoms with Gasteiger partial charge in [0.05, 0.1) is 18.4 Å². The molecular formula is C9H13N5S. The highest BCUT2D eigenvalue weighted by Crippen LogP contribution is 2.11. The van der Waals surface area contributed by atoms with Gasteiger partial charge in [-0.1, -0.05) is 0 Å². The Morgan fingerprint density at radius 2 is 2.67 bits per heavy atom. The van der Waals surface area contributed by atoms with Crippen molar-refractivity contribution in [1.82, 2.24) is 15.3 Å². The van der Waals surface area contributed by atoms with Crippen molar-refractivity contribution in [1.29, 1.82) is 5.26 Å². The maximum atomic E-state index is 8.16. The van der Waals surface area contributed by atoms with E-state index in [-0.39, 0.29) is 0 Å². The van der Waals surface area contributed by atoms with E-state index >= 15 is 0 Å². The van der Waals surface area contributed by atoms with Gasteiger partial charge in [-0.2, -0.15) is 17.0 Å². The Labute approximate surface area is 93.0 Å². The number of hydrogen-bond donors (Lipinski definition) is 2. The van der Waals surface area contributed by atoms with Crippen LogP contribution in [0.3, 0.4) is 0 Å². The number of aryl methyl sites for hydroxylation is 1. The molecular weight excluding hydrogens is 210 g/mol. The fraction of sp³-hybridized carbons (Fsp3) is 0.444. The number of thioether (sulfide) groups is 1. The molecule has 0 bridgehead atoms. The fourth-order valence-corrected chi connectivity index (χ4v) is 1.82. The quantitative estimate of drug-likeness (QED) is 0.248. The molecule has 5 nitrogen and oxygen atoms in total. The van der Waals surface area contributed by atoms with Gasteiger partial charge < -0.3 is 4.98 Å². The molecule has 1 heterocycles. The summed E-state index contributed by atoms with van der Waals surface area (Å²) in [5, 5.41) is 10.5. The summed E-state index contributed by atoms with van der Waals surface area (Å²) in [5.41, 5.74) is 2.22. The molecule has 2 N–H and O–H groups in total. The van der Waals surface area contributed by atoms with Crippen molar-refractivity contribution in [2.75, 3.05) is 12.3 Å². The molecule has 0 saturated carbocycles. The van der Waals surface area contributed by atoms with Gasteiger partial charge in [0.1, 0.15) is 0 Å². The normalized spacial score (nSPS) is 10.4. The van der Waals surface area contributed by atoms with Crippen LogP contribution >= 0.6 is 11.8 Å². The Morgan fingerprint density at radius 1 is 1.80 bits per heavy atom. The number of nitriles is 1. The first kappa shape index (κ1) is 11.6. The van der Waals surface area contributed by atoms with E-state index in [1.54, 1.807) is 24.3 Å². The minimum Gasteiger partial charge on any atom is -0.348 e. The molecule has 0 spiro atoms. The predicted molar refractivity (Wildman–Crippen MR) is 61.6 cm³/mol. The molecule has 1 rings (SSSR count). The van der Waals surface area contributed by atoms with Gasteiger partial charge >= 0.3 is 0 Å². The van der Waals surface area contributed by atoms with E-state index in [2.05, 4.69) is 20.3 Å². The average molecular weight is 223 g/mol. The van der Waals surface area contributed by atoms with Crippen LogP contribution < -0.4 is 5.32 Å². The van der Waals surface area contributed by atoms with Gasteiger partial charge in [-0.05, 0) is 6.92 Å². The first-order valence-corrected chi connectivity index (χ1v) is 5.69. The zero-order chi connectivity index (χ0) is 10.9. The second-order valence-electron chi connectivity index (χ2n) is 2.82. The van der Waals surface area contributed by atoms with Crippen LogP contribution in [-0.4, -0.2) is 28.6 Å². The van der Waals surface area contributed by atoms with Crippen LogP contribution in [0.2, 0.25) is 0 Å². The van der Waals surface area contributed by atoms with Gasteiger partial charge in [-0.25, -0.2) is 4.98 Å². The number of H-pyrrole nitrogens is 1. The molecule has 1 aromatic rings. The van der Waals surface area contributed by atoms with E-state index < -0.39 is 0 Å². The number of rotatable bonds is 6. The Balaban J connectivity index is 2.08. The van der Waals surface area contributed by atoms with Gasteiger partial charge in [-0.15, -0.1) is 0 Å². The molecule has 0 amide bonds. The van der Waals surface area contributed by atoms with Gasteiger partial charge in [0, 0.05) is 23.7 Å². The SMILES string of the molecule is Cc1[nH]cnc1CSCC/N=C/NC#N. The smallest absolute Gasteiger partial charge is 0.182 e. The van der Waals surface area contributed by atoms with E-state index in [1.165, 1.54) is 6.34 Å². The van der Waals surface area contributed by atoms with Crippen molar-refractivity contribution in [3.8, 4) is 6.19 Å². The first-order chi connectivity index (χ1) is 7.34. The third-order valence-corrected chi connectivity index (χ3v) is 2.71. The largest absolute Gasteiger partial charge is 0.348 e. The summed E-state index contributed by atoms with van der Waals surface area (Å²) in [6.45, 7) is 2.72. The first-order valence-electron chi connectivity index (χ1n) is 4.54. The molecule has 1 aromatic heterocycles. The van der Waals surface area contributed by atoms with Crippen LogP contribution in [-0.2, 0) is 5.75 Å². The predicted octanol–water partition coefficient (Wildman–Crippen LogP) is 1.05. The fourth-order valence-electron chi connectivity index (χ4n) is 0.958.